The lowest BCUT2D eigenvalue weighted by molar-refractivity contribution is -0.138. The van der Waals surface area contributed by atoms with Crippen LogP contribution in [0.1, 0.15) is 17.5 Å². The van der Waals surface area contributed by atoms with Gasteiger partial charge < -0.3 is 10.1 Å². The third-order valence-corrected chi connectivity index (χ3v) is 2.74. The van der Waals surface area contributed by atoms with Crippen LogP contribution in [0.3, 0.4) is 0 Å². The normalized spacial score (nSPS) is 20.1. The maximum atomic E-state index is 11.3. The highest BCUT2D eigenvalue weighted by Gasteiger charge is 2.26. The molecule has 3 nitrogen and oxygen atoms in total. The Labute approximate surface area is 89.4 Å². The molecule has 0 spiro atoms. The monoisotopic (exact) mass is 205 g/mol. The van der Waals surface area contributed by atoms with Crippen molar-refractivity contribution < 1.29 is 9.53 Å². The maximum Gasteiger partial charge on any atom is 0.328 e. The van der Waals surface area contributed by atoms with Crippen LogP contribution in [0.2, 0.25) is 0 Å². The molecule has 1 aromatic rings. The van der Waals surface area contributed by atoms with Gasteiger partial charge in [-0.25, -0.2) is 4.79 Å². The number of ether oxygens (including phenoxy) is 1. The number of hydrogen-bond acceptors (Lipinski definition) is 3. The minimum atomic E-state index is -0.176. The number of aryl methyl sites for hydroxylation is 2. The number of para-hydroxylation sites is 1. The van der Waals surface area contributed by atoms with Crippen molar-refractivity contribution in [2.45, 2.75) is 26.3 Å². The molecule has 0 aliphatic carbocycles. The highest BCUT2D eigenvalue weighted by molar-refractivity contribution is 5.81. The summed E-state index contributed by atoms with van der Waals surface area (Å²) in [6, 6.07) is 5.92. The van der Waals surface area contributed by atoms with Crippen LogP contribution in [0.15, 0.2) is 18.2 Å². The second-order valence-electron chi connectivity index (χ2n) is 3.92. The number of anilines is 1. The number of cyclic esters (lactones) is 1. The lowest BCUT2D eigenvalue weighted by Crippen LogP contribution is -2.25. The zero-order valence-corrected chi connectivity index (χ0v) is 9.04. The third kappa shape index (κ3) is 1.96. The molecule has 2 rings (SSSR count). The van der Waals surface area contributed by atoms with E-state index in [1.807, 2.05) is 32.0 Å². The van der Waals surface area contributed by atoms with Crippen LogP contribution >= 0.6 is 0 Å². The Morgan fingerprint density at radius 1 is 1.33 bits per heavy atom. The standard InChI is InChI=1S/C12H15NO2/c1-8-4-3-5-9(2)11(8)13-10-6-7-15-12(10)14/h3-5,10,13H,6-7H2,1-2H3/t10-/m0/s1. The summed E-state index contributed by atoms with van der Waals surface area (Å²) in [6.07, 6.45) is 0.757. The summed E-state index contributed by atoms with van der Waals surface area (Å²) in [4.78, 5) is 11.3. The zero-order valence-electron chi connectivity index (χ0n) is 9.04. The second kappa shape index (κ2) is 3.93. The summed E-state index contributed by atoms with van der Waals surface area (Å²) in [6.45, 7) is 4.60. The Bertz CT molecular complexity index is 367. The number of esters is 1. The average molecular weight is 205 g/mol. The molecule has 0 unspecified atom stereocenters. The molecular weight excluding hydrogens is 190 g/mol. The highest BCUT2D eigenvalue weighted by Crippen LogP contribution is 2.22. The van der Waals surface area contributed by atoms with E-state index in [0.29, 0.717) is 6.61 Å². The van der Waals surface area contributed by atoms with E-state index in [0.717, 1.165) is 23.2 Å². The molecule has 1 saturated heterocycles. The number of carbonyl (C=O) groups is 1. The van der Waals surface area contributed by atoms with Gasteiger partial charge in [0.15, 0.2) is 0 Å². The van der Waals surface area contributed by atoms with Crippen LogP contribution in [0.5, 0.6) is 0 Å². The van der Waals surface area contributed by atoms with Gasteiger partial charge in [0.2, 0.25) is 0 Å². The molecule has 0 saturated carbocycles. The molecular formula is C12H15NO2. The number of rotatable bonds is 2. The van der Waals surface area contributed by atoms with Crippen LogP contribution in [-0.2, 0) is 9.53 Å². The van der Waals surface area contributed by atoms with Gasteiger partial charge in [-0.3, -0.25) is 0 Å². The van der Waals surface area contributed by atoms with E-state index in [2.05, 4.69) is 5.32 Å². The van der Waals surface area contributed by atoms with E-state index in [1.165, 1.54) is 0 Å². The number of nitrogens with one attached hydrogen (secondary N) is 1. The topological polar surface area (TPSA) is 38.3 Å². The lowest BCUT2D eigenvalue weighted by Gasteiger charge is -2.15. The van der Waals surface area contributed by atoms with Crippen molar-refractivity contribution >= 4 is 11.7 Å². The van der Waals surface area contributed by atoms with Crippen LogP contribution < -0.4 is 5.32 Å². The van der Waals surface area contributed by atoms with Gasteiger partial charge in [-0.05, 0) is 25.0 Å². The first kappa shape index (κ1) is 10.0. The van der Waals surface area contributed by atoms with Crippen LogP contribution in [0.25, 0.3) is 0 Å². The predicted octanol–water partition coefficient (Wildman–Crippen LogP) is 2.03. The molecule has 1 aliphatic heterocycles. The molecule has 0 amide bonds. The van der Waals surface area contributed by atoms with Crippen molar-refractivity contribution in [1.82, 2.24) is 0 Å². The Balaban J connectivity index is 2.20. The smallest absolute Gasteiger partial charge is 0.328 e. The van der Waals surface area contributed by atoms with E-state index in [1.54, 1.807) is 0 Å². The average Bonchev–Trinajstić information content (AvgIpc) is 2.58. The first-order chi connectivity index (χ1) is 7.18. The Morgan fingerprint density at radius 2 is 2.00 bits per heavy atom. The minimum absolute atomic E-state index is 0.141. The van der Waals surface area contributed by atoms with Gasteiger partial charge in [-0.1, -0.05) is 18.2 Å². The molecule has 15 heavy (non-hydrogen) atoms. The summed E-state index contributed by atoms with van der Waals surface area (Å²) in [7, 11) is 0. The maximum absolute atomic E-state index is 11.3. The number of hydrogen-bond donors (Lipinski definition) is 1. The van der Waals surface area contributed by atoms with Crippen molar-refractivity contribution in [2.24, 2.45) is 0 Å². The molecule has 1 aliphatic rings. The first-order valence-electron chi connectivity index (χ1n) is 5.18. The van der Waals surface area contributed by atoms with Gasteiger partial charge in [0.1, 0.15) is 6.04 Å². The highest BCUT2D eigenvalue weighted by atomic mass is 16.5. The first-order valence-corrected chi connectivity index (χ1v) is 5.18. The summed E-state index contributed by atoms with van der Waals surface area (Å²) in [5.41, 5.74) is 3.38. The van der Waals surface area contributed by atoms with Gasteiger partial charge in [0.25, 0.3) is 0 Å². The van der Waals surface area contributed by atoms with E-state index in [4.69, 9.17) is 4.74 Å². The summed E-state index contributed by atoms with van der Waals surface area (Å²) in [5.74, 6) is -0.141. The molecule has 1 N–H and O–H groups in total. The molecule has 1 fully saturated rings. The molecule has 3 heteroatoms. The molecule has 0 radical (unpaired) electrons. The lowest BCUT2D eigenvalue weighted by atomic mass is 10.1. The van der Waals surface area contributed by atoms with Gasteiger partial charge in [0.05, 0.1) is 6.61 Å². The molecule has 1 heterocycles. The SMILES string of the molecule is Cc1cccc(C)c1N[C@H]1CCOC1=O. The predicted molar refractivity (Wildman–Crippen MR) is 58.9 cm³/mol. The Hall–Kier alpha value is -1.51. The van der Waals surface area contributed by atoms with Gasteiger partial charge in [0, 0.05) is 12.1 Å². The van der Waals surface area contributed by atoms with Gasteiger partial charge in [-0.15, -0.1) is 0 Å². The zero-order chi connectivity index (χ0) is 10.8. The number of benzene rings is 1. The second-order valence-corrected chi connectivity index (χ2v) is 3.92. The Morgan fingerprint density at radius 3 is 2.53 bits per heavy atom. The van der Waals surface area contributed by atoms with Crippen molar-refractivity contribution in [2.75, 3.05) is 11.9 Å². The van der Waals surface area contributed by atoms with Crippen LogP contribution in [0.4, 0.5) is 5.69 Å². The fourth-order valence-electron chi connectivity index (χ4n) is 1.84. The van der Waals surface area contributed by atoms with Crippen molar-refractivity contribution in [3.63, 3.8) is 0 Å². The molecule has 0 aromatic heterocycles. The van der Waals surface area contributed by atoms with Crippen LogP contribution in [0, 0.1) is 13.8 Å². The molecule has 1 atom stereocenters. The van der Waals surface area contributed by atoms with Crippen LogP contribution in [-0.4, -0.2) is 18.6 Å². The largest absolute Gasteiger partial charge is 0.464 e. The van der Waals surface area contributed by atoms with Crippen molar-refractivity contribution in [3.8, 4) is 0 Å². The van der Waals surface area contributed by atoms with Gasteiger partial charge in [-0.2, -0.15) is 0 Å². The van der Waals surface area contributed by atoms with Crippen molar-refractivity contribution in [3.05, 3.63) is 29.3 Å². The third-order valence-electron chi connectivity index (χ3n) is 2.74. The fraction of sp³-hybridized carbons (Fsp3) is 0.417. The van der Waals surface area contributed by atoms with Gasteiger partial charge >= 0.3 is 5.97 Å². The summed E-state index contributed by atoms with van der Waals surface area (Å²) >= 11 is 0. The van der Waals surface area contributed by atoms with Crippen molar-refractivity contribution in [1.29, 1.82) is 0 Å². The summed E-state index contributed by atoms with van der Waals surface area (Å²) in [5, 5.41) is 3.25. The Kier molecular flexibility index (Phi) is 2.62. The van der Waals surface area contributed by atoms with E-state index < -0.39 is 0 Å². The molecule has 1 aromatic carbocycles. The van der Waals surface area contributed by atoms with E-state index in [9.17, 15) is 4.79 Å². The molecule has 0 bridgehead atoms. The number of carbonyl (C=O) groups excluding carboxylic acids is 1. The van der Waals surface area contributed by atoms with E-state index in [-0.39, 0.29) is 12.0 Å². The molecule has 80 valence electrons. The minimum Gasteiger partial charge on any atom is -0.464 e. The van der Waals surface area contributed by atoms with E-state index >= 15 is 0 Å². The quantitative estimate of drug-likeness (QED) is 0.751. The fourth-order valence-corrected chi connectivity index (χ4v) is 1.84. The summed E-state index contributed by atoms with van der Waals surface area (Å²) < 4.78 is 4.92.